The van der Waals surface area contributed by atoms with Gasteiger partial charge in [-0.05, 0) is 32.1 Å². The van der Waals surface area contributed by atoms with Crippen molar-refractivity contribution in [2.75, 3.05) is 0 Å². The molecule has 4 nitrogen and oxygen atoms in total. The van der Waals surface area contributed by atoms with Crippen molar-refractivity contribution >= 4 is 11.8 Å². The molecule has 0 bridgehead atoms. The van der Waals surface area contributed by atoms with E-state index >= 15 is 0 Å². The molecule has 1 atom stereocenters. The van der Waals surface area contributed by atoms with Gasteiger partial charge in [-0.25, -0.2) is 0 Å². The van der Waals surface area contributed by atoms with Crippen molar-refractivity contribution in [3.05, 3.63) is 0 Å². The van der Waals surface area contributed by atoms with E-state index in [0.717, 1.165) is 32.1 Å². The van der Waals surface area contributed by atoms with Gasteiger partial charge in [0.05, 0.1) is 0 Å². The molecule has 4 heteroatoms. The highest BCUT2D eigenvalue weighted by Crippen LogP contribution is 2.25. The van der Waals surface area contributed by atoms with Gasteiger partial charge in [0, 0.05) is 12.5 Å². The molecule has 1 saturated carbocycles. The molecule has 0 radical (unpaired) electrons. The Hall–Kier alpha value is -1.06. The third-order valence-electron chi connectivity index (χ3n) is 4.61. The van der Waals surface area contributed by atoms with Crippen LogP contribution in [0, 0.1) is 0 Å². The van der Waals surface area contributed by atoms with E-state index in [4.69, 9.17) is 0 Å². The summed E-state index contributed by atoms with van der Waals surface area (Å²) in [5.41, 5.74) is -0.662. The van der Waals surface area contributed by atoms with Crippen LogP contribution < -0.4 is 10.6 Å². The number of carbonyl (C=O) groups excluding carboxylic acids is 2. The molecule has 19 heavy (non-hydrogen) atoms. The van der Waals surface area contributed by atoms with Gasteiger partial charge in [0.15, 0.2) is 0 Å². The van der Waals surface area contributed by atoms with Crippen LogP contribution in [0.1, 0.15) is 71.1 Å². The number of nitrogens with one attached hydrogen (secondary N) is 2. The van der Waals surface area contributed by atoms with Crippen LogP contribution in [-0.4, -0.2) is 23.4 Å². The van der Waals surface area contributed by atoms with Crippen molar-refractivity contribution in [1.82, 2.24) is 10.6 Å². The number of rotatable bonds is 3. The Balaban J connectivity index is 2.01. The minimum atomic E-state index is -0.662. The molecule has 1 aliphatic heterocycles. The number of carbonyl (C=O) groups is 2. The van der Waals surface area contributed by atoms with Crippen LogP contribution in [-0.2, 0) is 9.59 Å². The van der Waals surface area contributed by atoms with E-state index in [-0.39, 0.29) is 11.8 Å². The third-order valence-corrected chi connectivity index (χ3v) is 4.61. The van der Waals surface area contributed by atoms with Crippen LogP contribution in [0.15, 0.2) is 0 Å². The van der Waals surface area contributed by atoms with E-state index in [1.54, 1.807) is 0 Å². The minimum Gasteiger partial charge on any atom is -0.351 e. The summed E-state index contributed by atoms with van der Waals surface area (Å²) in [6.45, 7) is 1.99. The second kappa shape index (κ2) is 6.40. The molecule has 2 fully saturated rings. The average molecular weight is 266 g/mol. The minimum absolute atomic E-state index is 0.0261. The van der Waals surface area contributed by atoms with Gasteiger partial charge in [-0.3, -0.25) is 9.59 Å². The Morgan fingerprint density at radius 1 is 1.26 bits per heavy atom. The lowest BCUT2D eigenvalue weighted by Gasteiger charge is -2.34. The van der Waals surface area contributed by atoms with Crippen molar-refractivity contribution in [1.29, 1.82) is 0 Å². The van der Waals surface area contributed by atoms with Crippen molar-refractivity contribution in [3.8, 4) is 0 Å². The molecule has 0 aromatic carbocycles. The quantitative estimate of drug-likeness (QED) is 0.823. The summed E-state index contributed by atoms with van der Waals surface area (Å²) >= 11 is 0. The molecule has 0 aromatic rings. The van der Waals surface area contributed by atoms with E-state index in [1.165, 1.54) is 19.3 Å². The third kappa shape index (κ3) is 3.48. The summed E-state index contributed by atoms with van der Waals surface area (Å²) in [4.78, 5) is 24.4. The maximum Gasteiger partial charge on any atom is 0.245 e. The van der Waals surface area contributed by atoms with Gasteiger partial charge in [-0.1, -0.05) is 32.6 Å². The zero-order chi connectivity index (χ0) is 13.7. The second-order valence-electron chi connectivity index (χ2n) is 6.00. The molecule has 1 heterocycles. The smallest absolute Gasteiger partial charge is 0.245 e. The van der Waals surface area contributed by atoms with Crippen LogP contribution >= 0.6 is 0 Å². The normalized spacial score (nSPS) is 29.4. The van der Waals surface area contributed by atoms with Crippen molar-refractivity contribution < 1.29 is 9.59 Å². The monoisotopic (exact) mass is 266 g/mol. The molecule has 2 aliphatic rings. The topological polar surface area (TPSA) is 58.2 Å². The fraction of sp³-hybridized carbons (Fsp3) is 0.867. The maximum atomic E-state index is 12.6. The maximum absolute atomic E-state index is 12.6. The van der Waals surface area contributed by atoms with Crippen LogP contribution in [0.25, 0.3) is 0 Å². The first-order valence-electron chi connectivity index (χ1n) is 7.78. The molecule has 0 spiro atoms. The Bertz CT molecular complexity index is 337. The molecular formula is C15H26N2O2. The van der Waals surface area contributed by atoms with Crippen LogP contribution in [0.2, 0.25) is 0 Å². The standard InChI is InChI=1S/C15H26N2O2/c1-2-15(11-7-6-10-13(18)17-15)14(19)16-12-8-4-3-5-9-12/h12H,2-11H2,1H3,(H,16,19)(H,17,18). The first-order chi connectivity index (χ1) is 9.16. The predicted molar refractivity (Wildman–Crippen MR) is 74.6 cm³/mol. The van der Waals surface area contributed by atoms with Crippen molar-refractivity contribution in [2.45, 2.75) is 82.7 Å². The molecule has 0 aromatic heterocycles. The highest BCUT2D eigenvalue weighted by molar-refractivity contribution is 5.92. The van der Waals surface area contributed by atoms with Gasteiger partial charge in [-0.2, -0.15) is 0 Å². The summed E-state index contributed by atoms with van der Waals surface area (Å²) in [6.07, 6.45) is 9.70. The van der Waals surface area contributed by atoms with Crippen LogP contribution in [0.4, 0.5) is 0 Å². The summed E-state index contributed by atoms with van der Waals surface area (Å²) in [5, 5.41) is 6.16. The largest absolute Gasteiger partial charge is 0.351 e. The lowest BCUT2D eigenvalue weighted by atomic mass is 9.88. The second-order valence-corrected chi connectivity index (χ2v) is 6.00. The van der Waals surface area contributed by atoms with Gasteiger partial charge in [0.25, 0.3) is 0 Å². The zero-order valence-corrected chi connectivity index (χ0v) is 12.0. The Morgan fingerprint density at radius 3 is 2.68 bits per heavy atom. The summed E-state index contributed by atoms with van der Waals surface area (Å²) in [7, 11) is 0. The molecule has 1 aliphatic carbocycles. The van der Waals surface area contributed by atoms with Crippen molar-refractivity contribution in [2.24, 2.45) is 0 Å². The lowest BCUT2D eigenvalue weighted by Crippen LogP contribution is -2.59. The van der Waals surface area contributed by atoms with Gasteiger partial charge >= 0.3 is 0 Å². The molecule has 2 amide bonds. The van der Waals surface area contributed by atoms with E-state index < -0.39 is 5.54 Å². The Labute approximate surface area is 115 Å². The first kappa shape index (κ1) is 14.4. The van der Waals surface area contributed by atoms with E-state index in [9.17, 15) is 9.59 Å². The first-order valence-corrected chi connectivity index (χ1v) is 7.78. The van der Waals surface area contributed by atoms with Gasteiger partial charge in [0.1, 0.15) is 5.54 Å². The molecule has 108 valence electrons. The summed E-state index contributed by atoms with van der Waals surface area (Å²) in [5.74, 6) is 0.0651. The Morgan fingerprint density at radius 2 is 2.00 bits per heavy atom. The predicted octanol–water partition coefficient (Wildman–Crippen LogP) is 2.27. The fourth-order valence-electron chi connectivity index (χ4n) is 3.27. The summed E-state index contributed by atoms with van der Waals surface area (Å²) < 4.78 is 0. The highest BCUT2D eigenvalue weighted by Gasteiger charge is 2.39. The highest BCUT2D eigenvalue weighted by atomic mass is 16.2. The summed E-state index contributed by atoms with van der Waals surface area (Å²) in [6, 6.07) is 0.310. The molecule has 1 saturated heterocycles. The van der Waals surface area contributed by atoms with E-state index in [2.05, 4.69) is 10.6 Å². The van der Waals surface area contributed by atoms with E-state index in [1.807, 2.05) is 6.92 Å². The van der Waals surface area contributed by atoms with E-state index in [0.29, 0.717) is 18.9 Å². The average Bonchev–Trinajstić information content (AvgIpc) is 2.62. The number of amides is 2. The fourth-order valence-corrected chi connectivity index (χ4v) is 3.27. The molecule has 2 N–H and O–H groups in total. The zero-order valence-electron chi connectivity index (χ0n) is 12.0. The number of hydrogen-bond acceptors (Lipinski definition) is 2. The number of hydrogen-bond donors (Lipinski definition) is 2. The Kier molecular flexibility index (Phi) is 4.83. The van der Waals surface area contributed by atoms with Gasteiger partial charge in [-0.15, -0.1) is 0 Å². The van der Waals surface area contributed by atoms with Gasteiger partial charge < -0.3 is 10.6 Å². The van der Waals surface area contributed by atoms with Crippen LogP contribution in [0.3, 0.4) is 0 Å². The van der Waals surface area contributed by atoms with Gasteiger partial charge in [0.2, 0.25) is 11.8 Å². The molecular weight excluding hydrogens is 240 g/mol. The van der Waals surface area contributed by atoms with Crippen molar-refractivity contribution in [3.63, 3.8) is 0 Å². The lowest BCUT2D eigenvalue weighted by molar-refractivity contribution is -0.134. The molecule has 2 rings (SSSR count). The van der Waals surface area contributed by atoms with Crippen LogP contribution in [0.5, 0.6) is 0 Å². The SMILES string of the molecule is CCC1(C(=O)NC2CCCCC2)CCCCC(=O)N1. The molecule has 1 unspecified atom stereocenters.